The number of carbonyl (C=O) groups is 1. The molecule has 0 spiro atoms. The number of nitro benzene ring substituents is 1. The highest BCUT2D eigenvalue weighted by atomic mass is 32.2. The van der Waals surface area contributed by atoms with E-state index >= 15 is 0 Å². The zero-order valence-electron chi connectivity index (χ0n) is 22.1. The molecule has 5 rings (SSSR count). The average molecular weight is 568 g/mol. The molecule has 1 aromatic heterocycles. The summed E-state index contributed by atoms with van der Waals surface area (Å²) in [5, 5.41) is 23.9. The summed E-state index contributed by atoms with van der Waals surface area (Å²) in [5.41, 5.74) is 4.11. The van der Waals surface area contributed by atoms with Crippen LogP contribution in [0.15, 0.2) is 108 Å². The van der Waals surface area contributed by atoms with Crippen LogP contribution < -0.4 is 5.32 Å². The lowest BCUT2D eigenvalue weighted by molar-refractivity contribution is -0.384. The summed E-state index contributed by atoms with van der Waals surface area (Å²) in [4.78, 5) is 24.1. The lowest BCUT2D eigenvalue weighted by atomic mass is 10.0. The van der Waals surface area contributed by atoms with Crippen molar-refractivity contribution in [1.82, 2.24) is 20.1 Å². The number of benzene rings is 4. The number of carbonyl (C=O) groups excluding carboxylic acids is 1. The molecule has 206 valence electrons. The molecule has 5 aromatic rings. The van der Waals surface area contributed by atoms with Crippen LogP contribution in [0.25, 0.3) is 5.69 Å². The fourth-order valence-electron chi connectivity index (χ4n) is 4.42. The molecule has 0 bridgehead atoms. The van der Waals surface area contributed by atoms with E-state index in [9.17, 15) is 19.3 Å². The van der Waals surface area contributed by atoms with Gasteiger partial charge >= 0.3 is 0 Å². The predicted octanol–water partition coefficient (Wildman–Crippen LogP) is 6.63. The third kappa shape index (κ3) is 6.85. The molecule has 1 unspecified atom stereocenters. The highest BCUT2D eigenvalue weighted by molar-refractivity contribution is 7.98. The minimum atomic E-state index is -0.619. The van der Waals surface area contributed by atoms with Gasteiger partial charge in [0, 0.05) is 29.1 Å². The largest absolute Gasteiger partial charge is 0.342 e. The van der Waals surface area contributed by atoms with Crippen LogP contribution in [0.5, 0.6) is 0 Å². The molecule has 1 atom stereocenters. The first-order chi connectivity index (χ1) is 19.9. The van der Waals surface area contributed by atoms with Crippen LogP contribution >= 0.6 is 11.8 Å². The van der Waals surface area contributed by atoms with Crippen LogP contribution in [0.3, 0.4) is 0 Å². The van der Waals surface area contributed by atoms with Crippen molar-refractivity contribution in [1.29, 1.82) is 0 Å². The summed E-state index contributed by atoms with van der Waals surface area (Å²) in [5.74, 6) is 0.261. The number of rotatable bonds is 10. The highest BCUT2D eigenvalue weighted by Gasteiger charge is 2.26. The third-order valence-electron chi connectivity index (χ3n) is 6.43. The van der Waals surface area contributed by atoms with Crippen LogP contribution in [-0.4, -0.2) is 25.6 Å². The Balaban J connectivity index is 1.55. The maximum atomic E-state index is 13.5. The second-order valence-corrected chi connectivity index (χ2v) is 10.4. The number of halogens is 1. The summed E-state index contributed by atoms with van der Waals surface area (Å²) in [6.45, 7) is 2.03. The number of hydrogen-bond acceptors (Lipinski definition) is 6. The molecule has 0 aliphatic heterocycles. The van der Waals surface area contributed by atoms with Crippen LogP contribution in [0, 0.1) is 22.9 Å². The number of nitrogens with one attached hydrogen (secondary N) is 1. The van der Waals surface area contributed by atoms with Crippen LogP contribution in [-0.2, 0) is 12.2 Å². The molecule has 0 fully saturated rings. The number of amides is 1. The van der Waals surface area contributed by atoms with Crippen molar-refractivity contribution in [3.05, 3.63) is 147 Å². The number of hydrogen-bond donors (Lipinski definition) is 1. The standard InChI is InChI=1S/C31H26FN5O3S/c1-21-6-5-9-23(18-21)20-41-31-35-34-29(36(31)26-14-16-27(17-15-26)37(39)40)28(19-22-7-3-2-4-8-22)33-30(38)24-10-12-25(32)13-11-24/h2-18,28H,19-20H2,1H3,(H,33,38). The second kappa shape index (κ2) is 12.6. The highest BCUT2D eigenvalue weighted by Crippen LogP contribution is 2.30. The molecule has 41 heavy (non-hydrogen) atoms. The van der Waals surface area contributed by atoms with E-state index in [2.05, 4.69) is 21.6 Å². The fraction of sp³-hybridized carbons (Fsp3) is 0.129. The van der Waals surface area contributed by atoms with Gasteiger partial charge in [-0.15, -0.1) is 10.2 Å². The van der Waals surface area contributed by atoms with Gasteiger partial charge in [0.25, 0.3) is 11.6 Å². The minimum Gasteiger partial charge on any atom is -0.342 e. The quantitative estimate of drug-likeness (QED) is 0.115. The van der Waals surface area contributed by atoms with E-state index in [1.807, 2.05) is 60.0 Å². The Hall–Kier alpha value is -4.83. The second-order valence-electron chi connectivity index (χ2n) is 9.45. The molecular formula is C31H26FN5O3S. The van der Waals surface area contributed by atoms with Gasteiger partial charge < -0.3 is 5.32 Å². The van der Waals surface area contributed by atoms with Gasteiger partial charge in [0.2, 0.25) is 0 Å². The Bertz CT molecular complexity index is 1660. The number of non-ortho nitro benzene ring substituents is 1. The molecule has 0 saturated carbocycles. The SMILES string of the molecule is Cc1cccc(CSc2nnc(C(Cc3ccccc3)NC(=O)c3ccc(F)cc3)n2-c2ccc([N+](=O)[O-])cc2)c1. The maximum absolute atomic E-state index is 13.5. The Labute approximate surface area is 240 Å². The summed E-state index contributed by atoms with van der Waals surface area (Å²) in [6.07, 6.45) is 0.404. The first-order valence-electron chi connectivity index (χ1n) is 12.9. The van der Waals surface area contributed by atoms with Crippen LogP contribution in [0.4, 0.5) is 10.1 Å². The summed E-state index contributed by atoms with van der Waals surface area (Å²) in [6, 6.07) is 28.7. The van der Waals surface area contributed by atoms with Gasteiger partial charge in [0.15, 0.2) is 11.0 Å². The van der Waals surface area contributed by atoms with Gasteiger partial charge in [0.1, 0.15) is 5.82 Å². The van der Waals surface area contributed by atoms with E-state index in [0.717, 1.165) is 16.7 Å². The van der Waals surface area contributed by atoms with E-state index in [0.29, 0.717) is 34.4 Å². The molecule has 1 N–H and O–H groups in total. The summed E-state index contributed by atoms with van der Waals surface area (Å²) >= 11 is 1.48. The van der Waals surface area contributed by atoms with Gasteiger partial charge in [-0.3, -0.25) is 19.5 Å². The molecule has 4 aromatic carbocycles. The molecule has 10 heteroatoms. The van der Waals surface area contributed by atoms with E-state index < -0.39 is 22.7 Å². The van der Waals surface area contributed by atoms with Gasteiger partial charge in [-0.2, -0.15) is 0 Å². The Morgan fingerprint density at radius 2 is 1.66 bits per heavy atom. The Kier molecular flexibility index (Phi) is 8.50. The van der Waals surface area contributed by atoms with Gasteiger partial charge in [-0.05, 0) is 60.9 Å². The topological polar surface area (TPSA) is 103 Å². The number of nitro groups is 1. The number of aromatic nitrogens is 3. The van der Waals surface area contributed by atoms with Crippen LogP contribution in [0.1, 0.15) is 38.9 Å². The van der Waals surface area contributed by atoms with Crippen molar-refractivity contribution in [3.8, 4) is 5.69 Å². The van der Waals surface area contributed by atoms with Gasteiger partial charge in [0.05, 0.1) is 11.0 Å². The monoisotopic (exact) mass is 567 g/mol. The van der Waals surface area contributed by atoms with E-state index in [-0.39, 0.29) is 5.69 Å². The molecule has 8 nitrogen and oxygen atoms in total. The van der Waals surface area contributed by atoms with Crippen molar-refractivity contribution in [2.75, 3.05) is 0 Å². The molecule has 0 saturated heterocycles. The number of thioether (sulfide) groups is 1. The van der Waals surface area contributed by atoms with Crippen molar-refractivity contribution in [2.24, 2.45) is 0 Å². The number of aryl methyl sites for hydroxylation is 1. The first-order valence-corrected chi connectivity index (χ1v) is 13.8. The average Bonchev–Trinajstić information content (AvgIpc) is 3.40. The van der Waals surface area contributed by atoms with E-state index in [1.165, 1.54) is 48.2 Å². The Morgan fingerprint density at radius 1 is 0.951 bits per heavy atom. The molecule has 1 heterocycles. The minimum absolute atomic E-state index is 0.0391. The summed E-state index contributed by atoms with van der Waals surface area (Å²) in [7, 11) is 0. The van der Waals surface area contributed by atoms with Gasteiger partial charge in [-0.1, -0.05) is 71.9 Å². The third-order valence-corrected chi connectivity index (χ3v) is 7.43. The van der Waals surface area contributed by atoms with E-state index in [4.69, 9.17) is 0 Å². The van der Waals surface area contributed by atoms with Crippen molar-refractivity contribution in [2.45, 2.75) is 30.3 Å². The Morgan fingerprint density at radius 3 is 2.34 bits per heavy atom. The van der Waals surface area contributed by atoms with E-state index in [1.54, 1.807) is 12.1 Å². The maximum Gasteiger partial charge on any atom is 0.269 e. The van der Waals surface area contributed by atoms with Crippen molar-refractivity contribution >= 4 is 23.4 Å². The molecular weight excluding hydrogens is 541 g/mol. The first kappa shape index (κ1) is 27.7. The van der Waals surface area contributed by atoms with Crippen LogP contribution in [0.2, 0.25) is 0 Å². The van der Waals surface area contributed by atoms with Crippen molar-refractivity contribution in [3.63, 3.8) is 0 Å². The lowest BCUT2D eigenvalue weighted by Crippen LogP contribution is -2.32. The normalized spacial score (nSPS) is 11.7. The molecule has 0 aliphatic carbocycles. The van der Waals surface area contributed by atoms with Gasteiger partial charge in [-0.25, -0.2) is 4.39 Å². The lowest BCUT2D eigenvalue weighted by Gasteiger charge is -2.20. The molecule has 0 radical (unpaired) electrons. The van der Waals surface area contributed by atoms with Crippen molar-refractivity contribution < 1.29 is 14.1 Å². The predicted molar refractivity (Wildman–Crippen MR) is 156 cm³/mol. The molecule has 0 aliphatic rings. The zero-order valence-corrected chi connectivity index (χ0v) is 22.9. The smallest absolute Gasteiger partial charge is 0.269 e. The summed E-state index contributed by atoms with van der Waals surface area (Å²) < 4.78 is 15.3. The molecule has 1 amide bonds. The number of nitrogens with zero attached hydrogens (tertiary/aromatic N) is 4. The fourth-order valence-corrected chi connectivity index (χ4v) is 5.32. The zero-order chi connectivity index (χ0) is 28.8.